The SMILES string of the molecule is Cn1cnc(CNc2nccnc2Cl)n1. The van der Waals surface area contributed by atoms with E-state index in [0.29, 0.717) is 23.3 Å². The van der Waals surface area contributed by atoms with Crippen LogP contribution in [0.3, 0.4) is 0 Å². The van der Waals surface area contributed by atoms with Gasteiger partial charge >= 0.3 is 0 Å². The molecule has 2 aromatic heterocycles. The van der Waals surface area contributed by atoms with Crippen LogP contribution in [0.25, 0.3) is 0 Å². The fraction of sp³-hybridized carbons (Fsp3) is 0.250. The Hall–Kier alpha value is -1.69. The number of hydrogen-bond acceptors (Lipinski definition) is 5. The number of hydrogen-bond donors (Lipinski definition) is 1. The molecular weight excluding hydrogens is 216 g/mol. The highest BCUT2D eigenvalue weighted by molar-refractivity contribution is 6.31. The predicted octanol–water partition coefficient (Wildman–Crippen LogP) is 0.871. The molecule has 0 aliphatic carbocycles. The van der Waals surface area contributed by atoms with Crippen molar-refractivity contribution in [2.24, 2.45) is 7.05 Å². The number of nitrogens with one attached hydrogen (secondary N) is 1. The molecule has 15 heavy (non-hydrogen) atoms. The normalized spacial score (nSPS) is 10.3. The molecule has 0 aromatic carbocycles. The molecule has 2 aromatic rings. The zero-order valence-corrected chi connectivity index (χ0v) is 8.81. The molecule has 7 heteroatoms. The standard InChI is InChI=1S/C8H9ClN6/c1-15-5-13-6(14-15)4-12-8-7(9)10-2-3-11-8/h2-3,5H,4H2,1H3,(H,11,12). The highest BCUT2D eigenvalue weighted by atomic mass is 35.5. The van der Waals surface area contributed by atoms with E-state index in [2.05, 4.69) is 25.4 Å². The maximum Gasteiger partial charge on any atom is 0.171 e. The number of aromatic nitrogens is 5. The van der Waals surface area contributed by atoms with Gasteiger partial charge in [-0.1, -0.05) is 11.6 Å². The van der Waals surface area contributed by atoms with Crippen molar-refractivity contribution in [3.8, 4) is 0 Å². The zero-order valence-electron chi connectivity index (χ0n) is 8.05. The number of nitrogens with zero attached hydrogens (tertiary/aromatic N) is 5. The molecule has 2 rings (SSSR count). The van der Waals surface area contributed by atoms with Gasteiger partial charge in [0.25, 0.3) is 0 Å². The highest BCUT2D eigenvalue weighted by Crippen LogP contribution is 2.14. The molecule has 0 saturated carbocycles. The average Bonchev–Trinajstić information content (AvgIpc) is 2.63. The monoisotopic (exact) mass is 224 g/mol. The van der Waals surface area contributed by atoms with Crippen molar-refractivity contribution < 1.29 is 0 Å². The number of rotatable bonds is 3. The van der Waals surface area contributed by atoms with Crippen LogP contribution in [0.5, 0.6) is 0 Å². The van der Waals surface area contributed by atoms with Gasteiger partial charge in [0.1, 0.15) is 6.33 Å². The minimum atomic E-state index is 0.341. The first-order valence-corrected chi connectivity index (χ1v) is 4.68. The van der Waals surface area contributed by atoms with Crippen LogP contribution in [0.2, 0.25) is 5.15 Å². The zero-order chi connectivity index (χ0) is 10.7. The van der Waals surface area contributed by atoms with Crippen LogP contribution in [0, 0.1) is 0 Å². The molecular formula is C8H9ClN6. The van der Waals surface area contributed by atoms with Crippen LogP contribution >= 0.6 is 11.6 Å². The fourth-order valence-corrected chi connectivity index (χ4v) is 1.24. The summed E-state index contributed by atoms with van der Waals surface area (Å²) in [4.78, 5) is 12.0. The van der Waals surface area contributed by atoms with Crippen molar-refractivity contribution in [3.05, 3.63) is 29.7 Å². The van der Waals surface area contributed by atoms with E-state index in [4.69, 9.17) is 11.6 Å². The molecule has 0 atom stereocenters. The second-order valence-corrected chi connectivity index (χ2v) is 3.24. The molecule has 6 nitrogen and oxygen atoms in total. The predicted molar refractivity (Wildman–Crippen MR) is 55.4 cm³/mol. The molecule has 0 saturated heterocycles. The van der Waals surface area contributed by atoms with Crippen molar-refractivity contribution in [1.29, 1.82) is 0 Å². The summed E-state index contributed by atoms with van der Waals surface area (Å²) in [5, 5.41) is 7.45. The third kappa shape index (κ3) is 2.41. The largest absolute Gasteiger partial charge is 0.360 e. The number of anilines is 1. The van der Waals surface area contributed by atoms with Crippen LogP contribution < -0.4 is 5.32 Å². The third-order valence-corrected chi connectivity index (χ3v) is 1.99. The molecule has 0 unspecified atom stereocenters. The van der Waals surface area contributed by atoms with Crippen LogP contribution in [-0.4, -0.2) is 24.7 Å². The first kappa shape index (κ1) is 9.85. The van der Waals surface area contributed by atoms with Gasteiger partial charge < -0.3 is 5.32 Å². The summed E-state index contributed by atoms with van der Waals surface area (Å²) >= 11 is 5.81. The Kier molecular flexibility index (Phi) is 2.77. The molecule has 0 radical (unpaired) electrons. The molecule has 0 aliphatic heterocycles. The van der Waals surface area contributed by atoms with Crippen molar-refractivity contribution in [1.82, 2.24) is 24.7 Å². The van der Waals surface area contributed by atoms with Crippen LogP contribution in [0.1, 0.15) is 5.82 Å². The van der Waals surface area contributed by atoms with Gasteiger partial charge in [-0.3, -0.25) is 4.68 Å². The average molecular weight is 225 g/mol. The Balaban J connectivity index is 2.02. The summed E-state index contributed by atoms with van der Waals surface area (Å²) in [6.45, 7) is 0.471. The molecule has 0 fully saturated rings. The number of halogens is 1. The van der Waals surface area contributed by atoms with E-state index >= 15 is 0 Å². The van der Waals surface area contributed by atoms with Gasteiger partial charge in [-0.25, -0.2) is 15.0 Å². The van der Waals surface area contributed by atoms with Gasteiger partial charge in [-0.05, 0) is 0 Å². The quantitative estimate of drug-likeness (QED) is 0.838. The fourth-order valence-electron chi connectivity index (χ4n) is 1.07. The van der Waals surface area contributed by atoms with Gasteiger partial charge in [0, 0.05) is 19.4 Å². The summed E-state index contributed by atoms with van der Waals surface area (Å²) in [6, 6.07) is 0. The third-order valence-electron chi connectivity index (χ3n) is 1.71. The van der Waals surface area contributed by atoms with Crippen molar-refractivity contribution in [3.63, 3.8) is 0 Å². The Morgan fingerprint density at radius 3 is 2.80 bits per heavy atom. The second-order valence-electron chi connectivity index (χ2n) is 2.88. The van der Waals surface area contributed by atoms with Gasteiger partial charge in [0.05, 0.1) is 6.54 Å². The van der Waals surface area contributed by atoms with Gasteiger partial charge in [0.15, 0.2) is 16.8 Å². The topological polar surface area (TPSA) is 68.5 Å². The Morgan fingerprint density at radius 2 is 2.13 bits per heavy atom. The van der Waals surface area contributed by atoms with Crippen molar-refractivity contribution in [2.75, 3.05) is 5.32 Å². The Labute approximate surface area is 91.3 Å². The van der Waals surface area contributed by atoms with Gasteiger partial charge in [0.2, 0.25) is 0 Å². The lowest BCUT2D eigenvalue weighted by Gasteiger charge is -2.02. The van der Waals surface area contributed by atoms with Crippen LogP contribution in [0.15, 0.2) is 18.7 Å². The van der Waals surface area contributed by atoms with Crippen LogP contribution in [0.4, 0.5) is 5.82 Å². The van der Waals surface area contributed by atoms with E-state index in [1.807, 2.05) is 7.05 Å². The highest BCUT2D eigenvalue weighted by Gasteiger charge is 2.03. The molecule has 78 valence electrons. The van der Waals surface area contributed by atoms with Gasteiger partial charge in [-0.2, -0.15) is 5.10 Å². The summed E-state index contributed by atoms with van der Waals surface area (Å²) in [6.07, 6.45) is 4.74. The summed E-state index contributed by atoms with van der Waals surface area (Å²) in [5.74, 6) is 1.21. The molecule has 1 N–H and O–H groups in total. The van der Waals surface area contributed by atoms with E-state index in [1.165, 1.54) is 6.20 Å². The first-order valence-electron chi connectivity index (χ1n) is 4.30. The lowest BCUT2D eigenvalue weighted by molar-refractivity contribution is 0.747. The molecule has 0 bridgehead atoms. The lowest BCUT2D eigenvalue weighted by Crippen LogP contribution is -2.04. The molecule has 0 aliphatic rings. The maximum atomic E-state index is 5.81. The Bertz CT molecular complexity index is 454. The molecule has 0 amide bonds. The summed E-state index contributed by atoms with van der Waals surface area (Å²) in [5.41, 5.74) is 0. The van der Waals surface area contributed by atoms with E-state index in [9.17, 15) is 0 Å². The minimum Gasteiger partial charge on any atom is -0.360 e. The van der Waals surface area contributed by atoms with E-state index in [-0.39, 0.29) is 0 Å². The number of aryl methyl sites for hydroxylation is 1. The first-order chi connectivity index (χ1) is 7.25. The molecule has 2 heterocycles. The smallest absolute Gasteiger partial charge is 0.171 e. The lowest BCUT2D eigenvalue weighted by atomic mass is 10.5. The van der Waals surface area contributed by atoms with E-state index in [1.54, 1.807) is 17.2 Å². The maximum absolute atomic E-state index is 5.81. The van der Waals surface area contributed by atoms with Crippen molar-refractivity contribution >= 4 is 17.4 Å². The van der Waals surface area contributed by atoms with Crippen molar-refractivity contribution in [2.45, 2.75) is 6.54 Å². The summed E-state index contributed by atoms with van der Waals surface area (Å²) < 4.78 is 1.63. The Morgan fingerprint density at radius 1 is 1.33 bits per heavy atom. The van der Waals surface area contributed by atoms with E-state index < -0.39 is 0 Å². The van der Waals surface area contributed by atoms with E-state index in [0.717, 1.165) is 0 Å². The minimum absolute atomic E-state index is 0.341. The van der Waals surface area contributed by atoms with Gasteiger partial charge in [-0.15, -0.1) is 0 Å². The molecule has 0 spiro atoms. The van der Waals surface area contributed by atoms with Crippen LogP contribution in [-0.2, 0) is 13.6 Å². The summed E-state index contributed by atoms with van der Waals surface area (Å²) in [7, 11) is 1.81. The second kappa shape index (κ2) is 4.22.